The number of nitrogens with one attached hydrogen (secondary N) is 1. The Labute approximate surface area is 177 Å². The molecule has 8 heteroatoms. The molecule has 4 aromatic heterocycles. The molecule has 0 aliphatic heterocycles. The minimum Gasteiger partial charge on any atom is -0.466 e. The highest BCUT2D eigenvalue weighted by Crippen LogP contribution is 2.30. The quantitative estimate of drug-likeness (QED) is 0.452. The van der Waals surface area contributed by atoms with Crippen molar-refractivity contribution in [3.05, 3.63) is 77.5 Å². The molecule has 0 spiro atoms. The molecule has 0 saturated heterocycles. The SMILES string of the molecule is Cc1cc(-c2cc(C(=O)Nc3ccn(-c4ccccc4)n3)c3c(C)noc3n2)c(C)o1. The fourth-order valence-corrected chi connectivity index (χ4v) is 3.60. The number of aryl methyl sites for hydroxylation is 3. The molecule has 1 amide bonds. The van der Waals surface area contributed by atoms with E-state index in [1.54, 1.807) is 29.9 Å². The molecule has 31 heavy (non-hydrogen) atoms. The third-order valence-corrected chi connectivity index (χ3v) is 5.03. The summed E-state index contributed by atoms with van der Waals surface area (Å²) in [6.07, 6.45) is 1.79. The highest BCUT2D eigenvalue weighted by Gasteiger charge is 2.21. The molecule has 0 saturated carbocycles. The van der Waals surface area contributed by atoms with Crippen molar-refractivity contribution in [1.82, 2.24) is 19.9 Å². The summed E-state index contributed by atoms with van der Waals surface area (Å²) in [4.78, 5) is 17.8. The number of pyridine rings is 1. The average molecular weight is 413 g/mol. The first-order valence-electron chi connectivity index (χ1n) is 9.76. The van der Waals surface area contributed by atoms with Crippen LogP contribution in [0.25, 0.3) is 28.0 Å². The van der Waals surface area contributed by atoms with Crippen molar-refractivity contribution < 1.29 is 13.7 Å². The van der Waals surface area contributed by atoms with Gasteiger partial charge in [0.05, 0.1) is 28.0 Å². The zero-order chi connectivity index (χ0) is 21.5. The van der Waals surface area contributed by atoms with Gasteiger partial charge in [-0.1, -0.05) is 23.4 Å². The molecule has 0 fully saturated rings. The number of carbonyl (C=O) groups excluding carboxylic acids is 1. The zero-order valence-electron chi connectivity index (χ0n) is 17.2. The smallest absolute Gasteiger partial charge is 0.259 e. The van der Waals surface area contributed by atoms with Crippen LogP contribution in [0.5, 0.6) is 0 Å². The number of hydrogen-bond acceptors (Lipinski definition) is 6. The molecule has 4 heterocycles. The summed E-state index contributed by atoms with van der Waals surface area (Å²) < 4.78 is 12.7. The van der Waals surface area contributed by atoms with Crippen molar-refractivity contribution in [2.24, 2.45) is 0 Å². The van der Waals surface area contributed by atoms with Gasteiger partial charge in [0.25, 0.3) is 11.6 Å². The number of amides is 1. The summed E-state index contributed by atoms with van der Waals surface area (Å²) in [6, 6.07) is 15.0. The molecule has 0 aliphatic carbocycles. The fourth-order valence-electron chi connectivity index (χ4n) is 3.60. The normalized spacial score (nSPS) is 11.2. The van der Waals surface area contributed by atoms with Gasteiger partial charge in [-0.2, -0.15) is 5.10 Å². The molecule has 0 radical (unpaired) electrons. The lowest BCUT2D eigenvalue weighted by molar-refractivity contribution is 0.102. The van der Waals surface area contributed by atoms with Crippen molar-refractivity contribution >= 4 is 22.8 Å². The Hall–Kier alpha value is -4.20. The Kier molecular flexibility index (Phi) is 4.39. The standard InChI is InChI=1S/C23H19N5O3/c1-13-11-17(15(3)30-13)19-12-18(21-14(2)27-31-23(21)24-19)22(29)25-20-9-10-28(26-20)16-7-5-4-6-8-16/h4-12H,1-3H3,(H,25,26,29). The number of anilines is 1. The molecular weight excluding hydrogens is 394 g/mol. The predicted molar refractivity (Wildman–Crippen MR) is 115 cm³/mol. The molecule has 1 aromatic carbocycles. The van der Waals surface area contributed by atoms with Crippen LogP contribution < -0.4 is 5.32 Å². The fraction of sp³-hybridized carbons (Fsp3) is 0.130. The second kappa shape index (κ2) is 7.24. The Morgan fingerprint density at radius 3 is 2.61 bits per heavy atom. The molecule has 154 valence electrons. The second-order valence-electron chi connectivity index (χ2n) is 7.27. The van der Waals surface area contributed by atoms with E-state index in [1.165, 1.54) is 0 Å². The number of aromatic nitrogens is 4. The maximum Gasteiger partial charge on any atom is 0.259 e. The van der Waals surface area contributed by atoms with Crippen LogP contribution in [0, 0.1) is 20.8 Å². The predicted octanol–water partition coefficient (Wildman–Crippen LogP) is 4.85. The maximum absolute atomic E-state index is 13.2. The van der Waals surface area contributed by atoms with Gasteiger partial charge in [0.15, 0.2) is 5.82 Å². The largest absolute Gasteiger partial charge is 0.466 e. The molecule has 5 aromatic rings. The van der Waals surface area contributed by atoms with Crippen molar-refractivity contribution in [3.63, 3.8) is 0 Å². The topological polar surface area (TPSA) is 99.0 Å². The molecule has 0 bridgehead atoms. The number of nitrogens with zero attached hydrogens (tertiary/aromatic N) is 4. The zero-order valence-corrected chi connectivity index (χ0v) is 17.2. The number of furan rings is 1. The van der Waals surface area contributed by atoms with Crippen molar-refractivity contribution in [2.75, 3.05) is 5.32 Å². The first-order chi connectivity index (χ1) is 15.0. The van der Waals surface area contributed by atoms with E-state index in [4.69, 9.17) is 8.94 Å². The lowest BCUT2D eigenvalue weighted by Crippen LogP contribution is -2.14. The Morgan fingerprint density at radius 2 is 1.87 bits per heavy atom. The van der Waals surface area contributed by atoms with Gasteiger partial charge in [0.2, 0.25) is 0 Å². The Bertz CT molecular complexity index is 1410. The van der Waals surface area contributed by atoms with Gasteiger partial charge in [-0.05, 0) is 45.0 Å². The lowest BCUT2D eigenvalue weighted by Gasteiger charge is -2.06. The minimum atomic E-state index is -0.323. The van der Waals surface area contributed by atoms with Gasteiger partial charge in [0.1, 0.15) is 11.5 Å². The van der Waals surface area contributed by atoms with E-state index in [1.807, 2.05) is 50.2 Å². The van der Waals surface area contributed by atoms with Gasteiger partial charge in [-0.15, -0.1) is 0 Å². The van der Waals surface area contributed by atoms with E-state index >= 15 is 0 Å². The summed E-state index contributed by atoms with van der Waals surface area (Å²) in [7, 11) is 0. The van der Waals surface area contributed by atoms with Crippen molar-refractivity contribution in [1.29, 1.82) is 0 Å². The molecule has 5 rings (SSSR count). The summed E-state index contributed by atoms with van der Waals surface area (Å²) in [6.45, 7) is 5.50. The number of benzene rings is 1. The third kappa shape index (κ3) is 3.38. The summed E-state index contributed by atoms with van der Waals surface area (Å²) in [5.74, 6) is 1.59. The number of para-hydroxylation sites is 1. The first-order valence-corrected chi connectivity index (χ1v) is 9.76. The Morgan fingerprint density at radius 1 is 1.06 bits per heavy atom. The summed E-state index contributed by atoms with van der Waals surface area (Å²) >= 11 is 0. The van der Waals surface area contributed by atoms with E-state index < -0.39 is 0 Å². The molecule has 0 aliphatic rings. The van der Waals surface area contributed by atoms with E-state index in [0.717, 1.165) is 17.0 Å². The molecule has 8 nitrogen and oxygen atoms in total. The van der Waals surface area contributed by atoms with Crippen LogP contribution in [0.1, 0.15) is 27.6 Å². The van der Waals surface area contributed by atoms with Crippen LogP contribution in [0.15, 0.2) is 63.7 Å². The lowest BCUT2D eigenvalue weighted by atomic mass is 10.1. The average Bonchev–Trinajstić information content (AvgIpc) is 3.47. The van der Waals surface area contributed by atoms with Crippen LogP contribution in [-0.4, -0.2) is 25.8 Å². The van der Waals surface area contributed by atoms with E-state index in [2.05, 4.69) is 20.6 Å². The number of rotatable bonds is 4. The Balaban J connectivity index is 1.53. The third-order valence-electron chi connectivity index (χ3n) is 5.03. The number of hydrogen-bond donors (Lipinski definition) is 1. The van der Waals surface area contributed by atoms with Crippen LogP contribution in [-0.2, 0) is 0 Å². The highest BCUT2D eigenvalue weighted by molar-refractivity contribution is 6.12. The van der Waals surface area contributed by atoms with Gasteiger partial charge < -0.3 is 14.3 Å². The van der Waals surface area contributed by atoms with E-state index in [-0.39, 0.29) is 5.91 Å². The van der Waals surface area contributed by atoms with E-state index in [0.29, 0.717) is 39.6 Å². The molecular formula is C23H19N5O3. The number of carbonyl (C=O) groups is 1. The van der Waals surface area contributed by atoms with Gasteiger partial charge in [-0.25, -0.2) is 9.67 Å². The first kappa shape index (κ1) is 18.8. The second-order valence-corrected chi connectivity index (χ2v) is 7.27. The molecule has 0 atom stereocenters. The maximum atomic E-state index is 13.2. The van der Waals surface area contributed by atoms with Gasteiger partial charge >= 0.3 is 0 Å². The molecule has 1 N–H and O–H groups in total. The monoisotopic (exact) mass is 413 g/mol. The van der Waals surface area contributed by atoms with Crippen LogP contribution in [0.2, 0.25) is 0 Å². The minimum absolute atomic E-state index is 0.299. The van der Waals surface area contributed by atoms with Gasteiger partial charge in [-0.3, -0.25) is 4.79 Å². The number of fused-ring (bicyclic) bond motifs is 1. The van der Waals surface area contributed by atoms with Crippen molar-refractivity contribution in [2.45, 2.75) is 20.8 Å². The van der Waals surface area contributed by atoms with Gasteiger partial charge in [0, 0.05) is 17.8 Å². The van der Waals surface area contributed by atoms with Crippen LogP contribution in [0.3, 0.4) is 0 Å². The molecule has 0 unspecified atom stereocenters. The highest BCUT2D eigenvalue weighted by atomic mass is 16.5. The summed E-state index contributed by atoms with van der Waals surface area (Å²) in [5.41, 5.74) is 3.58. The van der Waals surface area contributed by atoms with Crippen molar-refractivity contribution in [3.8, 4) is 16.9 Å². The van der Waals surface area contributed by atoms with E-state index in [9.17, 15) is 4.79 Å². The summed E-state index contributed by atoms with van der Waals surface area (Å²) in [5, 5.41) is 11.9. The van der Waals surface area contributed by atoms with Crippen LogP contribution in [0.4, 0.5) is 5.82 Å². The van der Waals surface area contributed by atoms with Crippen LogP contribution >= 0.6 is 0 Å².